The number of nitrogens with one attached hydrogen (secondary N) is 1. The maximum atomic E-state index is 12.2. The summed E-state index contributed by atoms with van der Waals surface area (Å²) in [6.45, 7) is 0.601. The molecular formula is C11H12BrN3OS2. The van der Waals surface area contributed by atoms with Crippen LogP contribution in [0.15, 0.2) is 22.1 Å². The molecule has 0 saturated carbocycles. The second-order valence-corrected chi connectivity index (χ2v) is 6.52. The van der Waals surface area contributed by atoms with Crippen LogP contribution in [0.3, 0.4) is 0 Å². The lowest BCUT2D eigenvalue weighted by molar-refractivity contribution is 0.0791. The van der Waals surface area contributed by atoms with Gasteiger partial charge in [0.05, 0.1) is 12.7 Å². The van der Waals surface area contributed by atoms with Gasteiger partial charge in [-0.3, -0.25) is 4.79 Å². The molecule has 1 amide bonds. The van der Waals surface area contributed by atoms with Gasteiger partial charge in [-0.2, -0.15) is 0 Å². The molecule has 0 unspecified atom stereocenters. The Kier molecular flexibility index (Phi) is 4.36. The number of hydrogen-bond donors (Lipinski definition) is 1. The van der Waals surface area contributed by atoms with Gasteiger partial charge in [0, 0.05) is 23.4 Å². The number of nitrogens with zero attached hydrogens (tertiary/aromatic N) is 2. The molecule has 0 aliphatic carbocycles. The highest BCUT2D eigenvalue weighted by Crippen LogP contribution is 2.25. The Bertz CT molecular complexity index is 552. The molecule has 0 aliphatic heterocycles. The number of hydrogen-bond acceptors (Lipinski definition) is 5. The second-order valence-electron chi connectivity index (χ2n) is 3.63. The third-order valence-electron chi connectivity index (χ3n) is 2.35. The molecule has 0 spiro atoms. The van der Waals surface area contributed by atoms with Crippen LogP contribution in [0.5, 0.6) is 0 Å². The minimum atomic E-state index is -0.00528. The molecule has 0 bridgehead atoms. The fourth-order valence-corrected chi connectivity index (χ4v) is 3.70. The zero-order valence-electron chi connectivity index (χ0n) is 9.94. The number of amides is 1. The molecule has 7 heteroatoms. The van der Waals surface area contributed by atoms with Gasteiger partial charge in [0.1, 0.15) is 4.88 Å². The van der Waals surface area contributed by atoms with E-state index in [9.17, 15) is 4.79 Å². The number of aromatic nitrogens is 1. The largest absolute Gasteiger partial charge is 0.365 e. The summed E-state index contributed by atoms with van der Waals surface area (Å²) in [6.07, 6.45) is 1.61. The van der Waals surface area contributed by atoms with Crippen molar-refractivity contribution in [3.8, 4) is 0 Å². The third-order valence-corrected chi connectivity index (χ3v) is 5.26. The lowest BCUT2D eigenvalue weighted by Crippen LogP contribution is -2.25. The number of rotatable bonds is 4. The molecule has 2 rings (SSSR count). The van der Waals surface area contributed by atoms with Gasteiger partial charge in [-0.1, -0.05) is 11.3 Å². The molecule has 0 atom stereocenters. The van der Waals surface area contributed by atoms with Crippen LogP contribution in [-0.4, -0.2) is 29.9 Å². The summed E-state index contributed by atoms with van der Waals surface area (Å²) >= 11 is 6.47. The van der Waals surface area contributed by atoms with E-state index < -0.39 is 0 Å². The normalized spacial score (nSPS) is 10.4. The van der Waals surface area contributed by atoms with E-state index in [2.05, 4.69) is 26.2 Å². The van der Waals surface area contributed by atoms with Crippen LogP contribution < -0.4 is 5.32 Å². The fourth-order valence-electron chi connectivity index (χ4n) is 1.40. The highest BCUT2D eigenvalue weighted by Gasteiger charge is 2.16. The minimum absolute atomic E-state index is 0.00528. The SMILES string of the molecule is CNc1ncc(C(=O)N(C)Cc2sccc2Br)s1. The van der Waals surface area contributed by atoms with E-state index in [4.69, 9.17) is 0 Å². The van der Waals surface area contributed by atoms with Crippen molar-refractivity contribution in [1.82, 2.24) is 9.88 Å². The minimum Gasteiger partial charge on any atom is -0.365 e. The Labute approximate surface area is 122 Å². The molecule has 96 valence electrons. The predicted molar refractivity (Wildman–Crippen MR) is 79.5 cm³/mol. The first kappa shape index (κ1) is 13.5. The topological polar surface area (TPSA) is 45.2 Å². The number of carbonyl (C=O) groups excluding carboxylic acids is 1. The zero-order valence-corrected chi connectivity index (χ0v) is 13.2. The van der Waals surface area contributed by atoms with Crippen molar-refractivity contribution in [2.45, 2.75) is 6.54 Å². The average Bonchev–Trinajstić information content (AvgIpc) is 2.98. The van der Waals surface area contributed by atoms with Gasteiger partial charge in [-0.25, -0.2) is 4.98 Å². The van der Waals surface area contributed by atoms with Crippen LogP contribution in [0, 0.1) is 0 Å². The zero-order chi connectivity index (χ0) is 13.1. The van der Waals surface area contributed by atoms with E-state index in [0.717, 1.165) is 14.5 Å². The number of halogens is 1. The standard InChI is InChI=1S/C11H12BrN3OS2/c1-13-11-14-5-8(18-11)10(16)15(2)6-9-7(12)3-4-17-9/h3-5H,6H2,1-2H3,(H,13,14). The number of anilines is 1. The highest BCUT2D eigenvalue weighted by atomic mass is 79.9. The van der Waals surface area contributed by atoms with Gasteiger partial charge in [-0.15, -0.1) is 11.3 Å². The summed E-state index contributed by atoms with van der Waals surface area (Å²) in [5.41, 5.74) is 0. The average molecular weight is 346 g/mol. The molecule has 0 aromatic carbocycles. The Morgan fingerprint density at radius 2 is 2.39 bits per heavy atom. The molecule has 2 aromatic rings. The fraction of sp³-hybridized carbons (Fsp3) is 0.273. The lowest BCUT2D eigenvalue weighted by Gasteiger charge is -2.15. The van der Waals surface area contributed by atoms with Gasteiger partial charge >= 0.3 is 0 Å². The lowest BCUT2D eigenvalue weighted by atomic mass is 10.4. The first-order valence-electron chi connectivity index (χ1n) is 5.22. The molecule has 0 radical (unpaired) electrons. The van der Waals surface area contributed by atoms with E-state index in [-0.39, 0.29) is 5.91 Å². The Hall–Kier alpha value is -0.920. The van der Waals surface area contributed by atoms with Crippen molar-refractivity contribution < 1.29 is 4.79 Å². The predicted octanol–water partition coefficient (Wildman–Crippen LogP) is 3.28. The van der Waals surface area contributed by atoms with Gasteiger partial charge in [-0.05, 0) is 27.4 Å². The van der Waals surface area contributed by atoms with Crippen LogP contribution in [0.2, 0.25) is 0 Å². The molecule has 2 aromatic heterocycles. The maximum absolute atomic E-state index is 12.2. The van der Waals surface area contributed by atoms with Crippen molar-refractivity contribution in [3.63, 3.8) is 0 Å². The van der Waals surface area contributed by atoms with Crippen LogP contribution in [-0.2, 0) is 6.54 Å². The Morgan fingerprint density at radius 3 is 2.94 bits per heavy atom. The maximum Gasteiger partial charge on any atom is 0.265 e. The first-order valence-corrected chi connectivity index (χ1v) is 7.71. The monoisotopic (exact) mass is 345 g/mol. The van der Waals surface area contributed by atoms with Crippen LogP contribution in [0.1, 0.15) is 14.5 Å². The van der Waals surface area contributed by atoms with Crippen molar-refractivity contribution in [3.05, 3.63) is 31.9 Å². The van der Waals surface area contributed by atoms with Crippen molar-refractivity contribution in [2.75, 3.05) is 19.4 Å². The molecule has 18 heavy (non-hydrogen) atoms. The summed E-state index contributed by atoms with van der Waals surface area (Å²) in [7, 11) is 3.59. The van der Waals surface area contributed by atoms with Gasteiger partial charge in [0.25, 0.3) is 5.91 Å². The van der Waals surface area contributed by atoms with Gasteiger partial charge in [0.15, 0.2) is 5.13 Å². The summed E-state index contributed by atoms with van der Waals surface area (Å²) in [5.74, 6) is -0.00528. The third kappa shape index (κ3) is 2.90. The molecule has 1 N–H and O–H groups in total. The van der Waals surface area contributed by atoms with Crippen LogP contribution >= 0.6 is 38.6 Å². The number of thiophene rings is 1. The van der Waals surface area contributed by atoms with E-state index in [1.54, 1.807) is 36.5 Å². The quantitative estimate of drug-likeness (QED) is 0.924. The van der Waals surface area contributed by atoms with Gasteiger partial charge in [0.2, 0.25) is 0 Å². The van der Waals surface area contributed by atoms with E-state index >= 15 is 0 Å². The molecule has 4 nitrogen and oxygen atoms in total. The summed E-state index contributed by atoms with van der Waals surface area (Å²) < 4.78 is 1.05. The summed E-state index contributed by atoms with van der Waals surface area (Å²) in [4.78, 5) is 19.8. The van der Waals surface area contributed by atoms with E-state index in [1.807, 2.05) is 11.4 Å². The highest BCUT2D eigenvalue weighted by molar-refractivity contribution is 9.10. The van der Waals surface area contributed by atoms with Crippen molar-refractivity contribution >= 4 is 49.6 Å². The summed E-state index contributed by atoms with van der Waals surface area (Å²) in [6, 6.07) is 1.99. The summed E-state index contributed by atoms with van der Waals surface area (Å²) in [5, 5.41) is 5.68. The number of carbonyl (C=O) groups is 1. The first-order chi connectivity index (χ1) is 8.61. The second kappa shape index (κ2) is 5.81. The smallest absolute Gasteiger partial charge is 0.265 e. The molecular weight excluding hydrogens is 334 g/mol. The van der Waals surface area contributed by atoms with Crippen LogP contribution in [0.4, 0.5) is 5.13 Å². The Morgan fingerprint density at radius 1 is 1.61 bits per heavy atom. The molecule has 0 aliphatic rings. The molecule has 2 heterocycles. The van der Waals surface area contributed by atoms with Crippen molar-refractivity contribution in [2.24, 2.45) is 0 Å². The Balaban J connectivity index is 2.07. The van der Waals surface area contributed by atoms with E-state index in [1.165, 1.54) is 11.3 Å². The van der Waals surface area contributed by atoms with E-state index in [0.29, 0.717) is 11.4 Å². The number of thiazole rings is 1. The van der Waals surface area contributed by atoms with Crippen LogP contribution in [0.25, 0.3) is 0 Å². The molecule has 0 saturated heterocycles. The van der Waals surface area contributed by atoms with Gasteiger partial charge < -0.3 is 10.2 Å². The molecule has 0 fully saturated rings. The van der Waals surface area contributed by atoms with Crippen molar-refractivity contribution in [1.29, 1.82) is 0 Å².